The highest BCUT2D eigenvalue weighted by Gasteiger charge is 2.25. The molecule has 1 saturated carbocycles. The molecule has 3 heteroatoms. The maximum absolute atomic E-state index is 12.6. The summed E-state index contributed by atoms with van der Waals surface area (Å²) in [5.74, 6) is -0.0151. The van der Waals surface area contributed by atoms with Crippen LogP contribution in [-0.2, 0) is 0 Å². The molecule has 2 aromatic carbocycles. The third-order valence-electron chi connectivity index (χ3n) is 4.29. The Morgan fingerprint density at radius 2 is 1.75 bits per heavy atom. The van der Waals surface area contributed by atoms with Crippen molar-refractivity contribution in [3.8, 4) is 5.75 Å². The molecule has 0 radical (unpaired) electrons. The summed E-state index contributed by atoms with van der Waals surface area (Å²) in [5, 5.41) is 12.1. The van der Waals surface area contributed by atoms with Crippen molar-refractivity contribution >= 4 is 16.7 Å². The molecule has 0 atom stereocenters. The lowest BCUT2D eigenvalue weighted by molar-refractivity contribution is 0.0732. The van der Waals surface area contributed by atoms with Gasteiger partial charge in [-0.1, -0.05) is 37.1 Å². The predicted octanol–water partition coefficient (Wildman–Crippen LogP) is 3.56. The van der Waals surface area contributed by atoms with E-state index in [0.717, 1.165) is 23.6 Å². The van der Waals surface area contributed by atoms with E-state index in [1.54, 1.807) is 17.0 Å². The molecule has 1 fully saturated rings. The number of aromatic hydroxyl groups is 1. The number of nitrogens with zero attached hydrogens (tertiary/aromatic N) is 1. The molecule has 1 N–H and O–H groups in total. The third-order valence-corrected chi connectivity index (χ3v) is 4.29. The van der Waals surface area contributed by atoms with Crippen LogP contribution < -0.4 is 0 Å². The van der Waals surface area contributed by atoms with Crippen LogP contribution in [0.15, 0.2) is 36.4 Å². The van der Waals surface area contributed by atoms with Crippen molar-refractivity contribution in [3.05, 3.63) is 42.0 Å². The van der Waals surface area contributed by atoms with E-state index in [9.17, 15) is 9.90 Å². The summed E-state index contributed by atoms with van der Waals surface area (Å²) >= 11 is 0. The summed E-state index contributed by atoms with van der Waals surface area (Å²) in [5.41, 5.74) is 0.401. The summed E-state index contributed by atoms with van der Waals surface area (Å²) in [4.78, 5) is 14.4. The SMILES string of the molecule is CN(C(=O)c1cc2ccccc2cc1O)C1CCCC1. The Balaban J connectivity index is 1.96. The molecule has 1 amide bonds. The first-order chi connectivity index (χ1) is 9.66. The quantitative estimate of drug-likeness (QED) is 0.905. The van der Waals surface area contributed by atoms with Gasteiger partial charge in [0, 0.05) is 13.1 Å². The molecule has 0 aliphatic heterocycles. The molecule has 20 heavy (non-hydrogen) atoms. The lowest BCUT2D eigenvalue weighted by Gasteiger charge is -2.24. The van der Waals surface area contributed by atoms with E-state index in [2.05, 4.69) is 0 Å². The number of phenolic OH excluding ortho intramolecular Hbond substituents is 1. The van der Waals surface area contributed by atoms with E-state index in [4.69, 9.17) is 0 Å². The monoisotopic (exact) mass is 269 g/mol. The van der Waals surface area contributed by atoms with Gasteiger partial charge in [0.05, 0.1) is 5.56 Å². The second-order valence-electron chi connectivity index (χ2n) is 5.57. The summed E-state index contributed by atoms with van der Waals surface area (Å²) < 4.78 is 0. The van der Waals surface area contributed by atoms with Crippen LogP contribution in [-0.4, -0.2) is 29.0 Å². The Hall–Kier alpha value is -2.03. The average molecular weight is 269 g/mol. The van der Waals surface area contributed by atoms with E-state index in [0.29, 0.717) is 11.6 Å². The van der Waals surface area contributed by atoms with Crippen LogP contribution in [0.3, 0.4) is 0 Å². The Morgan fingerprint density at radius 3 is 2.40 bits per heavy atom. The number of amides is 1. The van der Waals surface area contributed by atoms with Crippen LogP contribution >= 0.6 is 0 Å². The van der Waals surface area contributed by atoms with Gasteiger partial charge in [-0.15, -0.1) is 0 Å². The molecule has 3 rings (SSSR count). The Morgan fingerprint density at radius 1 is 1.15 bits per heavy atom. The van der Waals surface area contributed by atoms with Crippen molar-refractivity contribution in [3.63, 3.8) is 0 Å². The molecule has 3 nitrogen and oxygen atoms in total. The van der Waals surface area contributed by atoms with Crippen LogP contribution in [0.5, 0.6) is 5.75 Å². The Labute approximate surface area is 118 Å². The van der Waals surface area contributed by atoms with Gasteiger partial charge < -0.3 is 10.0 Å². The molecule has 2 aromatic rings. The molecule has 0 saturated heterocycles. The van der Waals surface area contributed by atoms with Gasteiger partial charge in [0.1, 0.15) is 5.75 Å². The highest BCUT2D eigenvalue weighted by atomic mass is 16.3. The van der Waals surface area contributed by atoms with Crippen LogP contribution in [0.1, 0.15) is 36.0 Å². The molecule has 104 valence electrons. The smallest absolute Gasteiger partial charge is 0.257 e. The van der Waals surface area contributed by atoms with E-state index in [-0.39, 0.29) is 11.7 Å². The van der Waals surface area contributed by atoms with Gasteiger partial charge >= 0.3 is 0 Å². The maximum Gasteiger partial charge on any atom is 0.257 e. The lowest BCUT2D eigenvalue weighted by Crippen LogP contribution is -2.35. The zero-order valence-electron chi connectivity index (χ0n) is 11.7. The van der Waals surface area contributed by atoms with E-state index in [1.807, 2.05) is 31.3 Å². The molecular weight excluding hydrogens is 250 g/mol. The number of carbonyl (C=O) groups excluding carboxylic acids is 1. The zero-order valence-corrected chi connectivity index (χ0v) is 11.7. The number of benzene rings is 2. The Bertz CT molecular complexity index is 644. The molecule has 0 aromatic heterocycles. The van der Waals surface area contributed by atoms with E-state index < -0.39 is 0 Å². The highest BCUT2D eigenvalue weighted by Crippen LogP contribution is 2.29. The number of rotatable bonds is 2. The lowest BCUT2D eigenvalue weighted by atomic mass is 10.0. The number of fused-ring (bicyclic) bond motifs is 1. The van der Waals surface area contributed by atoms with Crippen LogP contribution in [0.2, 0.25) is 0 Å². The molecule has 1 aliphatic carbocycles. The molecule has 0 heterocycles. The van der Waals surface area contributed by atoms with Gasteiger partial charge in [-0.25, -0.2) is 0 Å². The molecule has 0 unspecified atom stereocenters. The number of hydrogen-bond acceptors (Lipinski definition) is 2. The predicted molar refractivity (Wildman–Crippen MR) is 80.0 cm³/mol. The Kier molecular flexibility index (Phi) is 3.35. The van der Waals surface area contributed by atoms with Gasteiger partial charge in [-0.2, -0.15) is 0 Å². The summed E-state index contributed by atoms with van der Waals surface area (Å²) in [6, 6.07) is 11.5. The number of hydrogen-bond donors (Lipinski definition) is 1. The molecule has 1 aliphatic rings. The largest absolute Gasteiger partial charge is 0.507 e. The minimum absolute atomic E-state index is 0.0681. The number of carbonyl (C=O) groups is 1. The van der Waals surface area contributed by atoms with E-state index >= 15 is 0 Å². The third kappa shape index (κ3) is 2.24. The molecular formula is C17H19NO2. The van der Waals surface area contributed by atoms with Crippen molar-refractivity contribution < 1.29 is 9.90 Å². The van der Waals surface area contributed by atoms with Crippen molar-refractivity contribution in [1.82, 2.24) is 4.90 Å². The second kappa shape index (κ2) is 5.16. The van der Waals surface area contributed by atoms with Crippen molar-refractivity contribution in [1.29, 1.82) is 0 Å². The molecule has 0 bridgehead atoms. The van der Waals surface area contributed by atoms with Crippen molar-refractivity contribution in [2.45, 2.75) is 31.7 Å². The minimum atomic E-state index is -0.0832. The van der Waals surface area contributed by atoms with Gasteiger partial charge in [-0.05, 0) is 35.7 Å². The summed E-state index contributed by atoms with van der Waals surface area (Å²) in [7, 11) is 1.84. The van der Waals surface area contributed by atoms with Gasteiger partial charge in [-0.3, -0.25) is 4.79 Å². The fourth-order valence-electron chi connectivity index (χ4n) is 3.05. The number of phenols is 1. The fraction of sp³-hybridized carbons (Fsp3) is 0.353. The second-order valence-corrected chi connectivity index (χ2v) is 5.57. The van der Waals surface area contributed by atoms with Crippen LogP contribution in [0, 0.1) is 0 Å². The highest BCUT2D eigenvalue weighted by molar-refractivity contribution is 6.01. The average Bonchev–Trinajstić information content (AvgIpc) is 2.99. The fourth-order valence-corrected chi connectivity index (χ4v) is 3.05. The maximum atomic E-state index is 12.6. The standard InChI is InChI=1S/C17H19NO2/c1-18(14-8-4-5-9-14)17(20)15-10-12-6-2-3-7-13(12)11-16(15)19/h2-3,6-7,10-11,14,19H,4-5,8-9H2,1H3. The van der Waals surface area contributed by atoms with Gasteiger partial charge in [0.15, 0.2) is 0 Å². The normalized spacial score (nSPS) is 15.7. The van der Waals surface area contributed by atoms with Crippen molar-refractivity contribution in [2.24, 2.45) is 0 Å². The summed E-state index contributed by atoms with van der Waals surface area (Å²) in [6.07, 6.45) is 4.51. The first kappa shape index (κ1) is 13.0. The topological polar surface area (TPSA) is 40.5 Å². The minimum Gasteiger partial charge on any atom is -0.507 e. The van der Waals surface area contributed by atoms with Gasteiger partial charge in [0.2, 0.25) is 0 Å². The first-order valence-corrected chi connectivity index (χ1v) is 7.16. The van der Waals surface area contributed by atoms with Crippen molar-refractivity contribution in [2.75, 3.05) is 7.05 Å². The van der Waals surface area contributed by atoms with E-state index in [1.165, 1.54) is 12.8 Å². The van der Waals surface area contributed by atoms with Gasteiger partial charge in [0.25, 0.3) is 5.91 Å². The summed E-state index contributed by atoms with van der Waals surface area (Å²) in [6.45, 7) is 0. The first-order valence-electron chi connectivity index (χ1n) is 7.16. The zero-order chi connectivity index (χ0) is 14.1. The van der Waals surface area contributed by atoms with Crippen LogP contribution in [0.25, 0.3) is 10.8 Å². The van der Waals surface area contributed by atoms with Crippen LogP contribution in [0.4, 0.5) is 0 Å². The molecule has 0 spiro atoms.